The number of hydrogen-bond donors (Lipinski definition) is 1. The van der Waals surface area contributed by atoms with Crippen LogP contribution in [0.1, 0.15) is 42.5 Å². The Morgan fingerprint density at radius 2 is 1.87 bits per heavy atom. The number of likely N-dealkylation sites (tertiary alicyclic amines) is 1. The van der Waals surface area contributed by atoms with E-state index >= 15 is 0 Å². The highest BCUT2D eigenvalue weighted by molar-refractivity contribution is 6.01. The summed E-state index contributed by atoms with van der Waals surface area (Å²) in [6, 6.07) is 12.4. The van der Waals surface area contributed by atoms with Gasteiger partial charge >= 0.3 is 0 Å². The number of carbonyl (C=O) groups excluding carboxylic acids is 2. The van der Waals surface area contributed by atoms with Crippen LogP contribution >= 0.6 is 0 Å². The molecule has 4 rings (SSSR count). The van der Waals surface area contributed by atoms with Crippen molar-refractivity contribution in [3.05, 3.63) is 53.1 Å². The van der Waals surface area contributed by atoms with Crippen LogP contribution in [0.2, 0.25) is 0 Å². The van der Waals surface area contributed by atoms with Crippen LogP contribution in [0, 0.1) is 0 Å². The predicted octanol–water partition coefficient (Wildman–Crippen LogP) is 3.01. The van der Waals surface area contributed by atoms with Crippen molar-refractivity contribution in [2.24, 2.45) is 0 Å². The number of carbonyl (C=O) groups is 2. The molecule has 2 aliphatic heterocycles. The van der Waals surface area contributed by atoms with Crippen molar-refractivity contribution in [3.8, 4) is 17.2 Å². The van der Waals surface area contributed by atoms with Crippen LogP contribution in [0.15, 0.2) is 36.4 Å². The van der Waals surface area contributed by atoms with Gasteiger partial charge in [0, 0.05) is 31.8 Å². The Morgan fingerprint density at radius 1 is 1.06 bits per heavy atom. The van der Waals surface area contributed by atoms with Gasteiger partial charge in [-0.2, -0.15) is 0 Å². The van der Waals surface area contributed by atoms with E-state index in [0.717, 1.165) is 24.3 Å². The lowest BCUT2D eigenvalue weighted by molar-refractivity contribution is -0.138. The van der Waals surface area contributed by atoms with E-state index in [4.69, 9.17) is 14.2 Å². The first-order valence-corrected chi connectivity index (χ1v) is 10.7. The lowest BCUT2D eigenvalue weighted by Gasteiger charge is -2.17. The standard InChI is InChI=1S/C24H28N2O5/c1-16(18-4-6-20-19(14-18)9-11-30-20)25-15-17-3-5-21(22(13-17)29-2)31-12-10-26-23(27)7-8-24(26)28/h3-6,13-14,16,25H,7-12,15H2,1-2H3/t16-/m0/s1. The van der Waals surface area contributed by atoms with Crippen molar-refractivity contribution >= 4 is 11.8 Å². The number of rotatable bonds is 9. The Labute approximate surface area is 182 Å². The van der Waals surface area contributed by atoms with Crippen LogP contribution in [-0.4, -0.2) is 43.6 Å². The number of ether oxygens (including phenoxy) is 3. The highest BCUT2D eigenvalue weighted by Crippen LogP contribution is 2.30. The molecule has 0 unspecified atom stereocenters. The predicted molar refractivity (Wildman–Crippen MR) is 115 cm³/mol. The third-order valence-corrected chi connectivity index (χ3v) is 5.78. The SMILES string of the molecule is COc1cc(CN[C@@H](C)c2ccc3c(c2)CCO3)ccc1OCCN1C(=O)CCC1=O. The monoisotopic (exact) mass is 424 g/mol. The number of methoxy groups -OCH3 is 1. The van der Waals surface area contributed by atoms with Gasteiger partial charge in [-0.15, -0.1) is 0 Å². The first-order valence-electron chi connectivity index (χ1n) is 10.7. The number of hydrogen-bond acceptors (Lipinski definition) is 6. The number of fused-ring (bicyclic) bond motifs is 1. The third-order valence-electron chi connectivity index (χ3n) is 5.78. The maximum atomic E-state index is 11.7. The molecule has 7 nitrogen and oxygen atoms in total. The summed E-state index contributed by atoms with van der Waals surface area (Å²) in [5.74, 6) is 1.95. The molecule has 31 heavy (non-hydrogen) atoms. The summed E-state index contributed by atoms with van der Waals surface area (Å²) >= 11 is 0. The Hall–Kier alpha value is -3.06. The summed E-state index contributed by atoms with van der Waals surface area (Å²) in [4.78, 5) is 24.6. The molecule has 0 spiro atoms. The largest absolute Gasteiger partial charge is 0.493 e. The van der Waals surface area contributed by atoms with E-state index < -0.39 is 0 Å². The van der Waals surface area contributed by atoms with Crippen molar-refractivity contribution in [1.82, 2.24) is 10.2 Å². The molecule has 0 aromatic heterocycles. The molecule has 1 atom stereocenters. The molecular weight excluding hydrogens is 396 g/mol. The van der Waals surface area contributed by atoms with Crippen LogP contribution in [0.25, 0.3) is 0 Å². The van der Waals surface area contributed by atoms with E-state index in [0.29, 0.717) is 30.9 Å². The molecule has 1 fully saturated rings. The van der Waals surface area contributed by atoms with E-state index in [1.807, 2.05) is 24.3 Å². The fourth-order valence-electron chi connectivity index (χ4n) is 3.92. The van der Waals surface area contributed by atoms with Crippen LogP contribution in [0.5, 0.6) is 17.2 Å². The second-order valence-electron chi connectivity index (χ2n) is 7.84. The lowest BCUT2D eigenvalue weighted by atomic mass is 10.0. The Bertz CT molecular complexity index is 958. The normalized spacial score (nSPS) is 16.3. The Morgan fingerprint density at radius 3 is 2.65 bits per heavy atom. The molecule has 164 valence electrons. The molecule has 0 aliphatic carbocycles. The molecular formula is C24H28N2O5. The fourth-order valence-corrected chi connectivity index (χ4v) is 3.92. The topological polar surface area (TPSA) is 77.1 Å². The Kier molecular flexibility index (Phi) is 6.42. The Balaban J connectivity index is 1.32. The van der Waals surface area contributed by atoms with Gasteiger partial charge in [0.1, 0.15) is 12.4 Å². The van der Waals surface area contributed by atoms with Crippen LogP contribution < -0.4 is 19.5 Å². The van der Waals surface area contributed by atoms with Gasteiger partial charge in [-0.3, -0.25) is 14.5 Å². The summed E-state index contributed by atoms with van der Waals surface area (Å²) in [5, 5.41) is 3.55. The van der Waals surface area contributed by atoms with Crippen molar-refractivity contribution < 1.29 is 23.8 Å². The highest BCUT2D eigenvalue weighted by atomic mass is 16.5. The van der Waals surface area contributed by atoms with Gasteiger partial charge in [0.25, 0.3) is 0 Å². The summed E-state index contributed by atoms with van der Waals surface area (Å²) < 4.78 is 16.8. The average Bonchev–Trinajstić information content (AvgIpc) is 3.38. The van der Waals surface area contributed by atoms with Gasteiger partial charge in [-0.1, -0.05) is 18.2 Å². The van der Waals surface area contributed by atoms with E-state index in [1.165, 1.54) is 16.0 Å². The van der Waals surface area contributed by atoms with Gasteiger partial charge < -0.3 is 19.5 Å². The first-order chi connectivity index (χ1) is 15.0. The van der Waals surface area contributed by atoms with E-state index in [2.05, 4.69) is 24.4 Å². The maximum Gasteiger partial charge on any atom is 0.229 e. The summed E-state index contributed by atoms with van der Waals surface area (Å²) in [6.45, 7) is 4.09. The molecule has 0 saturated carbocycles. The molecule has 7 heteroatoms. The van der Waals surface area contributed by atoms with Crippen molar-refractivity contribution in [2.45, 2.75) is 38.8 Å². The number of nitrogens with zero attached hydrogens (tertiary/aromatic N) is 1. The fraction of sp³-hybridized carbons (Fsp3) is 0.417. The lowest BCUT2D eigenvalue weighted by Crippen LogP contribution is -2.33. The second-order valence-corrected chi connectivity index (χ2v) is 7.84. The molecule has 0 bridgehead atoms. The molecule has 0 radical (unpaired) electrons. The van der Waals surface area contributed by atoms with Gasteiger partial charge in [0.15, 0.2) is 11.5 Å². The zero-order valence-corrected chi connectivity index (χ0v) is 18.0. The molecule has 2 aliphatic rings. The molecule has 1 saturated heterocycles. The van der Waals surface area contributed by atoms with Gasteiger partial charge in [0.05, 0.1) is 20.3 Å². The summed E-state index contributed by atoms with van der Waals surface area (Å²) in [6.07, 6.45) is 1.55. The van der Waals surface area contributed by atoms with Gasteiger partial charge in [-0.05, 0) is 41.8 Å². The average molecular weight is 424 g/mol. The van der Waals surface area contributed by atoms with Gasteiger partial charge in [-0.25, -0.2) is 0 Å². The molecule has 2 aromatic rings. The van der Waals surface area contributed by atoms with Gasteiger partial charge in [0.2, 0.25) is 11.8 Å². The van der Waals surface area contributed by atoms with Crippen LogP contribution in [0.4, 0.5) is 0 Å². The smallest absolute Gasteiger partial charge is 0.229 e. The minimum absolute atomic E-state index is 0.132. The quantitative estimate of drug-likeness (QED) is 0.624. The van der Waals surface area contributed by atoms with E-state index in [1.54, 1.807) is 7.11 Å². The van der Waals surface area contributed by atoms with Crippen LogP contribution in [0.3, 0.4) is 0 Å². The van der Waals surface area contributed by atoms with Crippen LogP contribution in [-0.2, 0) is 22.6 Å². The number of imide groups is 1. The van der Waals surface area contributed by atoms with Crippen molar-refractivity contribution in [1.29, 1.82) is 0 Å². The third kappa shape index (κ3) is 4.82. The molecule has 1 N–H and O–H groups in total. The van der Waals surface area contributed by atoms with Crippen molar-refractivity contribution in [3.63, 3.8) is 0 Å². The molecule has 2 heterocycles. The molecule has 2 aromatic carbocycles. The zero-order chi connectivity index (χ0) is 21.8. The minimum atomic E-state index is -0.132. The highest BCUT2D eigenvalue weighted by Gasteiger charge is 2.28. The van der Waals surface area contributed by atoms with E-state index in [9.17, 15) is 9.59 Å². The number of nitrogens with one attached hydrogen (secondary N) is 1. The summed E-state index contributed by atoms with van der Waals surface area (Å²) in [7, 11) is 1.60. The number of benzene rings is 2. The van der Waals surface area contributed by atoms with E-state index in [-0.39, 0.29) is 31.0 Å². The second kappa shape index (κ2) is 9.39. The van der Waals surface area contributed by atoms with Crippen molar-refractivity contribution in [2.75, 3.05) is 26.9 Å². The first kappa shape index (κ1) is 21.2. The minimum Gasteiger partial charge on any atom is -0.493 e. The maximum absolute atomic E-state index is 11.7. The number of amides is 2. The summed E-state index contributed by atoms with van der Waals surface area (Å²) in [5.41, 5.74) is 3.58. The molecule has 2 amide bonds. The zero-order valence-electron chi connectivity index (χ0n) is 18.0.